The van der Waals surface area contributed by atoms with Gasteiger partial charge in [0.05, 0.1) is 12.8 Å². The zero-order valence-corrected chi connectivity index (χ0v) is 9.86. The third kappa shape index (κ3) is 2.62. The van der Waals surface area contributed by atoms with Crippen LogP contribution in [0.3, 0.4) is 0 Å². The number of hydrogen-bond donors (Lipinski definition) is 2. The third-order valence-corrected chi connectivity index (χ3v) is 2.14. The van der Waals surface area contributed by atoms with Gasteiger partial charge in [-0.25, -0.2) is 0 Å². The summed E-state index contributed by atoms with van der Waals surface area (Å²) >= 11 is 0. The van der Waals surface area contributed by atoms with Crippen molar-refractivity contribution in [2.24, 2.45) is 0 Å². The first-order chi connectivity index (χ1) is 8.35. The molecule has 92 valence electrons. The van der Waals surface area contributed by atoms with E-state index in [0.717, 1.165) is 11.9 Å². The highest BCUT2D eigenvalue weighted by molar-refractivity contribution is 5.80. The Balaban J connectivity index is 2.26. The molecule has 0 aromatic carbocycles. The normalized spacial score (nSPS) is 10.7. The van der Waals surface area contributed by atoms with Gasteiger partial charge in [0.25, 0.3) is 0 Å². The van der Waals surface area contributed by atoms with E-state index in [1.54, 1.807) is 13.3 Å². The van der Waals surface area contributed by atoms with E-state index >= 15 is 0 Å². The predicted molar refractivity (Wildman–Crippen MR) is 63.2 cm³/mol. The van der Waals surface area contributed by atoms with E-state index < -0.39 is 0 Å². The summed E-state index contributed by atoms with van der Waals surface area (Å²) in [6.07, 6.45) is 1.65. The molecule has 0 fully saturated rings. The number of nitrogens with one attached hydrogen (secondary N) is 2. The van der Waals surface area contributed by atoms with Crippen molar-refractivity contribution < 1.29 is 9.47 Å². The van der Waals surface area contributed by atoms with Crippen LogP contribution in [0.2, 0.25) is 0 Å². The van der Waals surface area contributed by atoms with Crippen molar-refractivity contribution in [3.8, 4) is 5.88 Å². The van der Waals surface area contributed by atoms with E-state index in [1.165, 1.54) is 0 Å². The fourth-order valence-electron chi connectivity index (χ4n) is 1.38. The minimum Gasteiger partial charge on any atom is -0.475 e. The van der Waals surface area contributed by atoms with Gasteiger partial charge in [-0.15, -0.1) is 0 Å². The van der Waals surface area contributed by atoms with Gasteiger partial charge >= 0.3 is 0 Å². The van der Waals surface area contributed by atoms with E-state index in [2.05, 4.69) is 25.5 Å². The van der Waals surface area contributed by atoms with Crippen molar-refractivity contribution in [2.45, 2.75) is 6.92 Å². The first-order valence-corrected chi connectivity index (χ1v) is 5.42. The van der Waals surface area contributed by atoms with Crippen molar-refractivity contribution in [1.82, 2.24) is 20.2 Å². The van der Waals surface area contributed by atoms with Crippen LogP contribution in [0.4, 0.5) is 5.95 Å². The maximum atomic E-state index is 5.53. The quantitative estimate of drug-likeness (QED) is 0.723. The number of H-pyrrole nitrogens is 1. The number of methoxy groups -OCH3 is 1. The Kier molecular flexibility index (Phi) is 3.71. The fraction of sp³-hybridized carbons (Fsp3) is 0.500. The lowest BCUT2D eigenvalue weighted by Crippen LogP contribution is -2.08. The second-order valence-corrected chi connectivity index (χ2v) is 3.36. The lowest BCUT2D eigenvalue weighted by molar-refractivity contribution is 0.144. The van der Waals surface area contributed by atoms with Gasteiger partial charge in [-0.1, -0.05) is 0 Å². The number of nitrogens with zero attached hydrogens (tertiary/aromatic N) is 3. The molecule has 0 aliphatic carbocycles. The number of hydrogen-bond acceptors (Lipinski definition) is 6. The van der Waals surface area contributed by atoms with E-state index in [0.29, 0.717) is 30.7 Å². The number of rotatable bonds is 6. The zero-order chi connectivity index (χ0) is 12.1. The van der Waals surface area contributed by atoms with Gasteiger partial charge in [-0.2, -0.15) is 15.1 Å². The van der Waals surface area contributed by atoms with E-state index in [9.17, 15) is 0 Å². The smallest absolute Gasteiger partial charge is 0.229 e. The maximum absolute atomic E-state index is 5.53. The standard InChI is InChI=1S/C10H15N5O2/c1-3-11-10-13-8-7(6-12-15-8)9(14-10)17-5-4-16-2/h6H,3-5H2,1-2H3,(H2,11,12,13,14,15). The third-order valence-electron chi connectivity index (χ3n) is 2.14. The average molecular weight is 237 g/mol. The number of anilines is 1. The molecular weight excluding hydrogens is 222 g/mol. The molecule has 0 spiro atoms. The Morgan fingerprint density at radius 1 is 1.35 bits per heavy atom. The monoisotopic (exact) mass is 237 g/mol. The van der Waals surface area contributed by atoms with Crippen LogP contribution in [0.1, 0.15) is 6.92 Å². The molecule has 0 saturated heterocycles. The highest BCUT2D eigenvalue weighted by atomic mass is 16.5. The molecule has 2 heterocycles. The summed E-state index contributed by atoms with van der Waals surface area (Å²) in [4.78, 5) is 8.54. The maximum Gasteiger partial charge on any atom is 0.229 e. The number of fused-ring (bicyclic) bond motifs is 1. The topological polar surface area (TPSA) is 85.0 Å². The van der Waals surface area contributed by atoms with E-state index in [1.807, 2.05) is 6.92 Å². The summed E-state index contributed by atoms with van der Waals surface area (Å²) in [5.74, 6) is 1.04. The Hall–Kier alpha value is -1.89. The van der Waals surface area contributed by atoms with Gasteiger partial charge in [0.2, 0.25) is 11.8 Å². The van der Waals surface area contributed by atoms with Crippen LogP contribution in [0.25, 0.3) is 11.0 Å². The minimum atomic E-state index is 0.444. The predicted octanol–water partition coefficient (Wildman–Crippen LogP) is 0.810. The fourth-order valence-corrected chi connectivity index (χ4v) is 1.38. The van der Waals surface area contributed by atoms with Gasteiger partial charge in [0.15, 0.2) is 5.65 Å². The van der Waals surface area contributed by atoms with Crippen LogP contribution in [-0.4, -0.2) is 47.0 Å². The molecular formula is C10H15N5O2. The summed E-state index contributed by atoms with van der Waals surface area (Å²) in [7, 11) is 1.63. The summed E-state index contributed by atoms with van der Waals surface area (Å²) in [6, 6.07) is 0. The largest absolute Gasteiger partial charge is 0.475 e. The summed E-state index contributed by atoms with van der Waals surface area (Å²) in [6.45, 7) is 3.68. The van der Waals surface area contributed by atoms with Crippen molar-refractivity contribution >= 4 is 17.0 Å². The molecule has 2 rings (SSSR count). The van der Waals surface area contributed by atoms with Crippen molar-refractivity contribution in [2.75, 3.05) is 32.2 Å². The molecule has 0 bridgehead atoms. The Morgan fingerprint density at radius 3 is 3.00 bits per heavy atom. The second-order valence-electron chi connectivity index (χ2n) is 3.36. The molecule has 0 radical (unpaired) electrons. The molecule has 0 aliphatic rings. The van der Waals surface area contributed by atoms with Crippen LogP contribution in [0, 0.1) is 0 Å². The van der Waals surface area contributed by atoms with Gasteiger partial charge in [-0.05, 0) is 6.92 Å². The van der Waals surface area contributed by atoms with Crippen LogP contribution in [0.5, 0.6) is 5.88 Å². The molecule has 0 unspecified atom stereocenters. The molecule has 2 aromatic rings. The molecule has 2 aromatic heterocycles. The molecule has 0 atom stereocenters. The molecule has 2 N–H and O–H groups in total. The zero-order valence-electron chi connectivity index (χ0n) is 9.86. The van der Waals surface area contributed by atoms with Crippen LogP contribution in [-0.2, 0) is 4.74 Å². The number of aromatic nitrogens is 4. The SMILES string of the molecule is CCNc1nc(OCCOC)c2cn[nH]c2n1. The van der Waals surface area contributed by atoms with Crippen LogP contribution in [0.15, 0.2) is 6.20 Å². The van der Waals surface area contributed by atoms with Gasteiger partial charge in [-0.3, -0.25) is 5.10 Å². The van der Waals surface area contributed by atoms with Crippen LogP contribution < -0.4 is 10.1 Å². The lowest BCUT2D eigenvalue weighted by atomic mass is 10.4. The summed E-state index contributed by atoms with van der Waals surface area (Å²) in [5, 5.41) is 10.5. The summed E-state index contributed by atoms with van der Waals surface area (Å²) in [5.41, 5.74) is 0.656. The molecule has 17 heavy (non-hydrogen) atoms. The Labute approximate surface area is 98.6 Å². The highest BCUT2D eigenvalue weighted by Gasteiger charge is 2.10. The Bertz CT molecular complexity index is 485. The summed E-state index contributed by atoms with van der Waals surface area (Å²) < 4.78 is 10.5. The van der Waals surface area contributed by atoms with Crippen molar-refractivity contribution in [3.05, 3.63) is 6.20 Å². The van der Waals surface area contributed by atoms with Gasteiger partial charge in [0, 0.05) is 13.7 Å². The van der Waals surface area contributed by atoms with Crippen molar-refractivity contribution in [3.63, 3.8) is 0 Å². The van der Waals surface area contributed by atoms with Crippen LogP contribution >= 0.6 is 0 Å². The average Bonchev–Trinajstić information content (AvgIpc) is 2.78. The number of aromatic amines is 1. The molecule has 0 amide bonds. The minimum absolute atomic E-state index is 0.444. The number of ether oxygens (including phenoxy) is 2. The van der Waals surface area contributed by atoms with E-state index in [-0.39, 0.29) is 0 Å². The first-order valence-electron chi connectivity index (χ1n) is 5.42. The van der Waals surface area contributed by atoms with E-state index in [4.69, 9.17) is 9.47 Å². The second kappa shape index (κ2) is 5.44. The van der Waals surface area contributed by atoms with Gasteiger partial charge < -0.3 is 14.8 Å². The van der Waals surface area contributed by atoms with Crippen molar-refractivity contribution in [1.29, 1.82) is 0 Å². The van der Waals surface area contributed by atoms with Gasteiger partial charge in [0.1, 0.15) is 12.0 Å². The first kappa shape index (κ1) is 11.6. The molecule has 0 aliphatic heterocycles. The molecule has 0 saturated carbocycles. The highest BCUT2D eigenvalue weighted by Crippen LogP contribution is 2.21. The molecule has 7 heteroatoms. The molecule has 7 nitrogen and oxygen atoms in total. The lowest BCUT2D eigenvalue weighted by Gasteiger charge is -2.07. The Morgan fingerprint density at radius 2 is 2.24 bits per heavy atom.